The number of anilines is 1. The highest BCUT2D eigenvalue weighted by Gasteiger charge is 2.30. The van der Waals surface area contributed by atoms with Crippen molar-refractivity contribution in [3.63, 3.8) is 0 Å². The van der Waals surface area contributed by atoms with Crippen molar-refractivity contribution in [1.82, 2.24) is 4.31 Å². The lowest BCUT2D eigenvalue weighted by Gasteiger charge is -2.28. The Labute approximate surface area is 134 Å². The van der Waals surface area contributed by atoms with E-state index in [2.05, 4.69) is 0 Å². The van der Waals surface area contributed by atoms with E-state index in [1.807, 2.05) is 0 Å². The first-order valence-electron chi connectivity index (χ1n) is 7.55. The van der Waals surface area contributed by atoms with Gasteiger partial charge in [0.25, 0.3) is 0 Å². The highest BCUT2D eigenvalue weighted by Crippen LogP contribution is 2.31. The van der Waals surface area contributed by atoms with Crippen LogP contribution in [0.4, 0.5) is 5.69 Å². The number of carbonyl (C=O) groups excluding carboxylic acids is 1. The summed E-state index contributed by atoms with van der Waals surface area (Å²) in [6, 6.07) is 4.57. The van der Waals surface area contributed by atoms with E-state index in [1.165, 1.54) is 21.3 Å². The Balaban J connectivity index is 1.96. The number of hydrogen-bond acceptors (Lipinski definition) is 4. The molecule has 1 amide bonds. The fraction of sp³-hybridized carbons (Fsp3) is 0.467. The molecule has 1 aromatic carbocycles. The standard InChI is InChI=1S/C15H18N2O5S/c18-14-6-3-11-9-12(23(21,22)16-7-1-2-8-16)4-5-13(11)17(14)10-15(19)20/h4-5,9H,1-3,6-8,10H2,(H,19,20). The van der Waals surface area contributed by atoms with E-state index in [0.717, 1.165) is 12.8 Å². The zero-order chi connectivity index (χ0) is 16.6. The molecule has 0 spiro atoms. The number of rotatable bonds is 4. The molecule has 0 saturated carbocycles. The first-order chi connectivity index (χ1) is 10.9. The number of sulfonamides is 1. The van der Waals surface area contributed by atoms with Gasteiger partial charge in [-0.1, -0.05) is 0 Å². The number of carboxylic acid groups (broad SMARTS) is 1. The largest absolute Gasteiger partial charge is 0.480 e. The molecule has 23 heavy (non-hydrogen) atoms. The molecule has 0 aliphatic carbocycles. The van der Waals surface area contributed by atoms with Gasteiger partial charge in [0.05, 0.1) is 4.90 Å². The molecule has 1 N–H and O–H groups in total. The van der Waals surface area contributed by atoms with Crippen molar-refractivity contribution in [2.45, 2.75) is 30.6 Å². The summed E-state index contributed by atoms with van der Waals surface area (Å²) in [6.07, 6.45) is 2.34. The predicted octanol–water partition coefficient (Wildman–Crippen LogP) is 0.835. The Morgan fingerprint density at radius 2 is 1.87 bits per heavy atom. The molecule has 0 bridgehead atoms. The lowest BCUT2D eigenvalue weighted by atomic mass is 10.0. The van der Waals surface area contributed by atoms with Crippen LogP contribution >= 0.6 is 0 Å². The molecule has 0 aromatic heterocycles. The zero-order valence-corrected chi connectivity index (χ0v) is 13.4. The van der Waals surface area contributed by atoms with Crippen molar-refractivity contribution in [2.75, 3.05) is 24.5 Å². The van der Waals surface area contributed by atoms with Crippen LogP contribution in [0, 0.1) is 0 Å². The molecular formula is C15H18N2O5S. The Morgan fingerprint density at radius 1 is 1.17 bits per heavy atom. The van der Waals surface area contributed by atoms with Gasteiger partial charge in [-0.3, -0.25) is 9.59 Å². The van der Waals surface area contributed by atoms with Crippen molar-refractivity contribution >= 4 is 27.6 Å². The molecule has 7 nitrogen and oxygen atoms in total. The third-order valence-electron chi connectivity index (χ3n) is 4.25. The SMILES string of the molecule is O=C(O)CN1C(=O)CCc2cc(S(=O)(=O)N3CCCC3)ccc21. The highest BCUT2D eigenvalue weighted by atomic mass is 32.2. The van der Waals surface area contributed by atoms with Crippen molar-refractivity contribution in [2.24, 2.45) is 0 Å². The van der Waals surface area contributed by atoms with Crippen LogP contribution in [0.15, 0.2) is 23.1 Å². The number of benzene rings is 1. The first kappa shape index (κ1) is 15.9. The normalized spacial score (nSPS) is 19.0. The van der Waals surface area contributed by atoms with E-state index in [0.29, 0.717) is 30.8 Å². The Bertz CT molecular complexity index is 753. The molecule has 0 atom stereocenters. The summed E-state index contributed by atoms with van der Waals surface area (Å²) < 4.78 is 26.7. The van der Waals surface area contributed by atoms with Crippen LogP contribution in [0.1, 0.15) is 24.8 Å². The summed E-state index contributed by atoms with van der Waals surface area (Å²) in [4.78, 5) is 24.3. The van der Waals surface area contributed by atoms with Crippen molar-refractivity contribution < 1.29 is 23.1 Å². The van der Waals surface area contributed by atoms with Gasteiger partial charge in [-0.2, -0.15) is 4.31 Å². The van der Waals surface area contributed by atoms with Gasteiger partial charge in [-0.15, -0.1) is 0 Å². The minimum atomic E-state index is -3.51. The van der Waals surface area contributed by atoms with Crippen LogP contribution in [-0.2, 0) is 26.0 Å². The maximum Gasteiger partial charge on any atom is 0.323 e. The second-order valence-corrected chi connectivity index (χ2v) is 7.71. The first-order valence-corrected chi connectivity index (χ1v) is 8.99. The molecule has 1 fully saturated rings. The lowest BCUT2D eigenvalue weighted by Crippen LogP contribution is -2.39. The summed E-state index contributed by atoms with van der Waals surface area (Å²) in [5.41, 5.74) is 1.19. The quantitative estimate of drug-likeness (QED) is 0.877. The topological polar surface area (TPSA) is 95.0 Å². The molecule has 8 heteroatoms. The summed E-state index contributed by atoms with van der Waals surface area (Å²) in [7, 11) is -3.51. The van der Waals surface area contributed by atoms with Crippen molar-refractivity contribution in [3.05, 3.63) is 23.8 Å². The summed E-state index contributed by atoms with van der Waals surface area (Å²) in [5.74, 6) is -1.35. The molecular weight excluding hydrogens is 320 g/mol. The third-order valence-corrected chi connectivity index (χ3v) is 6.14. The van der Waals surface area contributed by atoms with E-state index in [4.69, 9.17) is 5.11 Å². The molecule has 1 aromatic rings. The lowest BCUT2D eigenvalue weighted by molar-refractivity contribution is -0.136. The van der Waals surface area contributed by atoms with Crippen LogP contribution in [0.3, 0.4) is 0 Å². The number of aliphatic carboxylic acids is 1. The van der Waals surface area contributed by atoms with E-state index in [1.54, 1.807) is 6.07 Å². The number of hydrogen-bond donors (Lipinski definition) is 1. The fourth-order valence-electron chi connectivity index (χ4n) is 3.08. The molecule has 2 heterocycles. The maximum absolute atomic E-state index is 12.6. The van der Waals surface area contributed by atoms with Gasteiger partial charge in [-0.25, -0.2) is 8.42 Å². The van der Waals surface area contributed by atoms with Gasteiger partial charge in [-0.05, 0) is 43.0 Å². The van der Waals surface area contributed by atoms with Gasteiger partial charge in [0.1, 0.15) is 6.54 Å². The summed E-state index contributed by atoms with van der Waals surface area (Å²) in [5, 5.41) is 8.94. The smallest absolute Gasteiger partial charge is 0.323 e. The number of amides is 1. The number of carbonyl (C=O) groups is 2. The minimum Gasteiger partial charge on any atom is -0.480 e. The van der Waals surface area contributed by atoms with E-state index in [9.17, 15) is 18.0 Å². The van der Waals surface area contributed by atoms with Gasteiger partial charge in [0.15, 0.2) is 0 Å². The molecule has 2 aliphatic rings. The monoisotopic (exact) mass is 338 g/mol. The van der Waals surface area contributed by atoms with Crippen molar-refractivity contribution in [3.8, 4) is 0 Å². The van der Waals surface area contributed by atoms with Crippen LogP contribution < -0.4 is 4.90 Å². The third kappa shape index (κ3) is 2.96. The molecule has 0 radical (unpaired) electrons. The maximum atomic E-state index is 12.6. The van der Waals surface area contributed by atoms with E-state index < -0.39 is 22.5 Å². The highest BCUT2D eigenvalue weighted by molar-refractivity contribution is 7.89. The van der Waals surface area contributed by atoms with E-state index >= 15 is 0 Å². The van der Waals surface area contributed by atoms with Gasteiger partial charge < -0.3 is 10.0 Å². The second kappa shape index (κ2) is 5.93. The Kier molecular flexibility index (Phi) is 4.11. The molecule has 3 rings (SSSR count). The Hall–Kier alpha value is -1.93. The molecule has 2 aliphatic heterocycles. The molecule has 1 saturated heterocycles. The van der Waals surface area contributed by atoms with E-state index in [-0.39, 0.29) is 17.2 Å². The Morgan fingerprint density at radius 3 is 2.52 bits per heavy atom. The zero-order valence-electron chi connectivity index (χ0n) is 12.6. The van der Waals surface area contributed by atoms with Crippen LogP contribution in [0.25, 0.3) is 0 Å². The number of fused-ring (bicyclic) bond motifs is 1. The number of carboxylic acids is 1. The second-order valence-electron chi connectivity index (χ2n) is 5.78. The summed E-state index contributed by atoms with van der Waals surface area (Å²) >= 11 is 0. The number of nitrogens with zero attached hydrogens (tertiary/aromatic N) is 2. The van der Waals surface area contributed by atoms with Crippen LogP contribution in [0.2, 0.25) is 0 Å². The van der Waals surface area contributed by atoms with Gasteiger partial charge in [0.2, 0.25) is 15.9 Å². The van der Waals surface area contributed by atoms with Crippen molar-refractivity contribution in [1.29, 1.82) is 0 Å². The average Bonchev–Trinajstić information content (AvgIpc) is 3.04. The minimum absolute atomic E-state index is 0.188. The average molecular weight is 338 g/mol. The van der Waals surface area contributed by atoms with Gasteiger partial charge >= 0.3 is 5.97 Å². The summed E-state index contributed by atoms with van der Waals surface area (Å²) in [6.45, 7) is 0.649. The van der Waals surface area contributed by atoms with Crippen LogP contribution in [0.5, 0.6) is 0 Å². The van der Waals surface area contributed by atoms with Crippen LogP contribution in [-0.4, -0.2) is 49.3 Å². The number of aryl methyl sites for hydroxylation is 1. The van der Waals surface area contributed by atoms with Gasteiger partial charge in [0, 0.05) is 25.2 Å². The fourth-order valence-corrected chi connectivity index (χ4v) is 4.65. The molecule has 124 valence electrons. The predicted molar refractivity (Wildman–Crippen MR) is 82.7 cm³/mol. The molecule has 0 unspecified atom stereocenters.